The van der Waals surface area contributed by atoms with E-state index in [2.05, 4.69) is 5.43 Å². The largest absolute Gasteiger partial charge is 0.321 e. The second-order valence-electron chi connectivity index (χ2n) is 2.23. The topological polar surface area (TPSA) is 38.0 Å². The Morgan fingerprint density at radius 1 is 1.55 bits per heavy atom. The zero-order chi connectivity index (χ0) is 8.43. The summed E-state index contributed by atoms with van der Waals surface area (Å²) < 4.78 is 12.8. The third kappa shape index (κ3) is 1.61. The summed E-state index contributed by atoms with van der Waals surface area (Å²) in [6.07, 6.45) is 0. The molecular weight excluding hydrogens is 167 g/mol. The van der Waals surface area contributed by atoms with Gasteiger partial charge < -0.3 is 5.43 Å². The van der Waals surface area contributed by atoms with Crippen molar-refractivity contribution < 1.29 is 4.39 Å². The Hall–Kier alpha value is -0.800. The standard InChI is InChI=1S/C7H8ClFN2/c1-4-2-6(9)7(11-10)3-5(4)8/h2-3,11H,10H2,1H3. The van der Waals surface area contributed by atoms with E-state index in [0.29, 0.717) is 10.6 Å². The number of hydrogen-bond acceptors (Lipinski definition) is 2. The van der Waals surface area contributed by atoms with Crippen LogP contribution in [0.3, 0.4) is 0 Å². The molecule has 2 nitrogen and oxygen atoms in total. The number of hydrogen-bond donors (Lipinski definition) is 2. The normalized spacial score (nSPS) is 9.82. The number of rotatable bonds is 1. The van der Waals surface area contributed by atoms with E-state index < -0.39 is 5.82 Å². The Bertz CT molecular complexity index is 275. The van der Waals surface area contributed by atoms with E-state index in [4.69, 9.17) is 17.4 Å². The Kier molecular flexibility index (Phi) is 2.31. The predicted octanol–water partition coefficient (Wildman–Crippen LogP) is 2.07. The molecule has 0 aromatic heterocycles. The van der Waals surface area contributed by atoms with Crippen LogP contribution in [-0.2, 0) is 0 Å². The number of hydrazine groups is 1. The molecule has 60 valence electrons. The summed E-state index contributed by atoms with van der Waals surface area (Å²) in [6, 6.07) is 2.78. The first-order chi connectivity index (χ1) is 5.15. The molecule has 0 bridgehead atoms. The Labute approximate surface area is 69.1 Å². The highest BCUT2D eigenvalue weighted by atomic mass is 35.5. The van der Waals surface area contributed by atoms with Crippen molar-refractivity contribution >= 4 is 17.3 Å². The SMILES string of the molecule is Cc1cc(F)c(NN)cc1Cl. The quantitative estimate of drug-likeness (QED) is 0.505. The zero-order valence-corrected chi connectivity index (χ0v) is 6.74. The average Bonchev–Trinajstić information content (AvgIpc) is 1.97. The van der Waals surface area contributed by atoms with Gasteiger partial charge in [-0.15, -0.1) is 0 Å². The molecule has 0 aliphatic heterocycles. The minimum Gasteiger partial charge on any atom is -0.321 e. The number of halogens is 2. The van der Waals surface area contributed by atoms with Crippen molar-refractivity contribution in [3.8, 4) is 0 Å². The molecule has 0 unspecified atom stereocenters. The number of nitrogens with two attached hydrogens (primary N) is 1. The minimum atomic E-state index is -0.394. The van der Waals surface area contributed by atoms with E-state index in [1.807, 2.05) is 0 Å². The summed E-state index contributed by atoms with van der Waals surface area (Å²) in [5.74, 6) is 4.63. The van der Waals surface area contributed by atoms with Crippen molar-refractivity contribution in [3.63, 3.8) is 0 Å². The van der Waals surface area contributed by atoms with Crippen LogP contribution in [0.15, 0.2) is 12.1 Å². The number of nitrogen functional groups attached to an aromatic ring is 1. The second kappa shape index (κ2) is 3.07. The van der Waals surface area contributed by atoms with Crippen molar-refractivity contribution in [1.29, 1.82) is 0 Å². The van der Waals surface area contributed by atoms with Crippen LogP contribution in [0.1, 0.15) is 5.56 Å². The molecule has 0 saturated heterocycles. The molecule has 1 aromatic carbocycles. The van der Waals surface area contributed by atoms with Gasteiger partial charge in [-0.2, -0.15) is 0 Å². The van der Waals surface area contributed by atoms with Gasteiger partial charge in [-0.1, -0.05) is 11.6 Å². The van der Waals surface area contributed by atoms with Crippen molar-refractivity contribution in [3.05, 3.63) is 28.5 Å². The fourth-order valence-corrected chi connectivity index (χ4v) is 0.921. The van der Waals surface area contributed by atoms with Gasteiger partial charge in [-0.05, 0) is 24.6 Å². The van der Waals surface area contributed by atoms with Crippen LogP contribution in [0.5, 0.6) is 0 Å². The molecule has 0 heterocycles. The molecule has 4 heteroatoms. The van der Waals surface area contributed by atoms with E-state index >= 15 is 0 Å². The smallest absolute Gasteiger partial charge is 0.147 e. The van der Waals surface area contributed by atoms with Crippen LogP contribution in [0.2, 0.25) is 5.02 Å². The Morgan fingerprint density at radius 2 is 2.18 bits per heavy atom. The molecule has 0 radical (unpaired) electrons. The summed E-state index contributed by atoms with van der Waals surface area (Å²) in [6.45, 7) is 1.73. The first kappa shape index (κ1) is 8.30. The summed E-state index contributed by atoms with van der Waals surface area (Å²) in [5, 5.41) is 0.499. The van der Waals surface area contributed by atoms with E-state index in [-0.39, 0.29) is 5.69 Å². The lowest BCUT2D eigenvalue weighted by atomic mass is 10.2. The maximum absolute atomic E-state index is 12.8. The number of benzene rings is 1. The number of anilines is 1. The highest BCUT2D eigenvalue weighted by Crippen LogP contribution is 2.22. The lowest BCUT2D eigenvalue weighted by molar-refractivity contribution is 0.629. The molecule has 11 heavy (non-hydrogen) atoms. The number of aryl methyl sites for hydroxylation is 1. The Balaban J connectivity index is 3.21. The zero-order valence-electron chi connectivity index (χ0n) is 5.99. The maximum Gasteiger partial charge on any atom is 0.147 e. The number of nitrogens with one attached hydrogen (secondary N) is 1. The van der Waals surface area contributed by atoms with Gasteiger partial charge in [0.1, 0.15) is 5.82 Å². The first-order valence-electron chi connectivity index (χ1n) is 3.07. The van der Waals surface area contributed by atoms with Crippen LogP contribution in [-0.4, -0.2) is 0 Å². The molecule has 0 aliphatic carbocycles. The summed E-state index contributed by atoms with van der Waals surface area (Å²) >= 11 is 5.70. The monoisotopic (exact) mass is 174 g/mol. The van der Waals surface area contributed by atoms with Gasteiger partial charge in [-0.3, -0.25) is 5.84 Å². The van der Waals surface area contributed by atoms with Gasteiger partial charge in [-0.25, -0.2) is 4.39 Å². The van der Waals surface area contributed by atoms with Crippen molar-refractivity contribution in [2.24, 2.45) is 5.84 Å². The average molecular weight is 175 g/mol. The lowest BCUT2D eigenvalue weighted by Gasteiger charge is -2.03. The van der Waals surface area contributed by atoms with Crippen LogP contribution in [0.25, 0.3) is 0 Å². The summed E-state index contributed by atoms with van der Waals surface area (Å²) in [5.41, 5.74) is 3.11. The first-order valence-corrected chi connectivity index (χ1v) is 3.45. The molecular formula is C7H8ClFN2. The van der Waals surface area contributed by atoms with Gasteiger partial charge in [0.25, 0.3) is 0 Å². The van der Waals surface area contributed by atoms with E-state index in [1.54, 1.807) is 6.92 Å². The molecule has 0 fully saturated rings. The van der Waals surface area contributed by atoms with Gasteiger partial charge >= 0.3 is 0 Å². The van der Waals surface area contributed by atoms with Crippen LogP contribution in [0, 0.1) is 12.7 Å². The maximum atomic E-state index is 12.8. The molecule has 0 aliphatic rings. The minimum absolute atomic E-state index is 0.209. The fraction of sp³-hybridized carbons (Fsp3) is 0.143. The molecule has 0 atom stereocenters. The van der Waals surface area contributed by atoms with Crippen LogP contribution in [0.4, 0.5) is 10.1 Å². The summed E-state index contributed by atoms with van der Waals surface area (Å²) in [7, 11) is 0. The second-order valence-corrected chi connectivity index (χ2v) is 2.63. The lowest BCUT2D eigenvalue weighted by Crippen LogP contribution is -2.08. The Morgan fingerprint density at radius 3 is 2.73 bits per heavy atom. The van der Waals surface area contributed by atoms with E-state index in [9.17, 15) is 4.39 Å². The molecule has 0 amide bonds. The van der Waals surface area contributed by atoms with Crippen LogP contribution >= 0.6 is 11.6 Å². The van der Waals surface area contributed by atoms with Crippen molar-refractivity contribution in [1.82, 2.24) is 0 Å². The van der Waals surface area contributed by atoms with Gasteiger partial charge in [0, 0.05) is 5.02 Å². The molecule has 0 spiro atoms. The van der Waals surface area contributed by atoms with Gasteiger partial charge in [0.05, 0.1) is 5.69 Å². The van der Waals surface area contributed by atoms with E-state index in [1.165, 1.54) is 12.1 Å². The highest BCUT2D eigenvalue weighted by molar-refractivity contribution is 6.31. The van der Waals surface area contributed by atoms with Crippen molar-refractivity contribution in [2.75, 3.05) is 5.43 Å². The van der Waals surface area contributed by atoms with Gasteiger partial charge in [0.2, 0.25) is 0 Å². The third-order valence-electron chi connectivity index (χ3n) is 1.40. The molecule has 0 saturated carbocycles. The van der Waals surface area contributed by atoms with Crippen molar-refractivity contribution in [2.45, 2.75) is 6.92 Å². The predicted molar refractivity (Wildman–Crippen MR) is 44.0 cm³/mol. The van der Waals surface area contributed by atoms with Gasteiger partial charge in [0.15, 0.2) is 0 Å². The third-order valence-corrected chi connectivity index (χ3v) is 1.81. The molecule has 1 rings (SSSR count). The van der Waals surface area contributed by atoms with Crippen LogP contribution < -0.4 is 11.3 Å². The molecule has 1 aromatic rings. The molecule has 3 N–H and O–H groups in total. The summed E-state index contributed by atoms with van der Waals surface area (Å²) in [4.78, 5) is 0. The fourth-order valence-electron chi connectivity index (χ4n) is 0.757. The highest BCUT2D eigenvalue weighted by Gasteiger charge is 2.03. The van der Waals surface area contributed by atoms with E-state index in [0.717, 1.165) is 0 Å².